The first-order chi connectivity index (χ1) is 12.1. The van der Waals surface area contributed by atoms with E-state index in [0.29, 0.717) is 12.3 Å². The van der Waals surface area contributed by atoms with Crippen molar-refractivity contribution >= 4 is 24.2 Å². The summed E-state index contributed by atoms with van der Waals surface area (Å²) in [5, 5.41) is 9.21. The molecule has 6 heteroatoms. The zero-order chi connectivity index (χ0) is 17.3. The van der Waals surface area contributed by atoms with E-state index in [1.54, 1.807) is 0 Å². The summed E-state index contributed by atoms with van der Waals surface area (Å²) in [6, 6.07) is 0. The predicted molar refractivity (Wildman–Crippen MR) is 104 cm³/mol. The number of hydrogen-bond acceptors (Lipinski definition) is 3. The molecule has 5 rings (SSSR count). The lowest BCUT2D eigenvalue weighted by Crippen LogP contribution is -2.48. The Kier molecular flexibility index (Phi) is 6.50. The summed E-state index contributed by atoms with van der Waals surface area (Å²) >= 11 is 0. The number of amides is 2. The number of piperidine rings is 1. The Labute approximate surface area is 163 Å². The average Bonchev–Trinajstić information content (AvgIpc) is 2.57. The molecule has 0 aromatic carbocycles. The fourth-order valence-corrected chi connectivity index (χ4v) is 6.51. The zero-order valence-corrected chi connectivity index (χ0v) is 16.5. The van der Waals surface area contributed by atoms with Gasteiger partial charge in [0.05, 0.1) is 6.54 Å². The molecule has 5 aliphatic rings. The van der Waals surface area contributed by atoms with Crippen molar-refractivity contribution in [3.05, 3.63) is 0 Å². The topological polar surface area (TPSA) is 70.2 Å². The Balaban J connectivity index is 0.00000196. The predicted octanol–water partition coefficient (Wildman–Crippen LogP) is 2.25. The molecule has 1 saturated heterocycles. The first-order valence-corrected chi connectivity index (χ1v) is 10.3. The quantitative estimate of drug-likeness (QED) is 0.658. The third-order valence-corrected chi connectivity index (χ3v) is 7.13. The lowest BCUT2D eigenvalue weighted by atomic mass is 9.49. The minimum atomic E-state index is -0.0514. The number of halogens is 1. The van der Waals surface area contributed by atoms with Crippen molar-refractivity contribution in [1.82, 2.24) is 16.0 Å². The summed E-state index contributed by atoms with van der Waals surface area (Å²) in [6.45, 7) is 2.92. The van der Waals surface area contributed by atoms with E-state index < -0.39 is 0 Å². The minimum Gasteiger partial charge on any atom is -0.354 e. The van der Waals surface area contributed by atoms with E-state index in [1.807, 2.05) is 0 Å². The molecule has 1 unspecified atom stereocenters. The van der Waals surface area contributed by atoms with Crippen molar-refractivity contribution < 1.29 is 9.59 Å². The molecule has 0 aromatic rings. The molecule has 3 N–H and O–H groups in total. The van der Waals surface area contributed by atoms with E-state index in [9.17, 15) is 9.59 Å². The molecule has 4 saturated carbocycles. The second-order valence-electron chi connectivity index (χ2n) is 9.39. The highest BCUT2D eigenvalue weighted by atomic mass is 35.5. The highest BCUT2D eigenvalue weighted by Gasteiger charge is 2.51. The van der Waals surface area contributed by atoms with Gasteiger partial charge in [0.1, 0.15) is 0 Å². The van der Waals surface area contributed by atoms with Crippen LogP contribution in [0.5, 0.6) is 0 Å². The molecule has 1 heterocycles. The summed E-state index contributed by atoms with van der Waals surface area (Å²) in [4.78, 5) is 24.4. The van der Waals surface area contributed by atoms with E-state index in [1.165, 1.54) is 51.4 Å². The fourth-order valence-electron chi connectivity index (χ4n) is 6.51. The lowest BCUT2D eigenvalue weighted by Gasteiger charge is -2.56. The number of nitrogens with one attached hydrogen (secondary N) is 3. The van der Waals surface area contributed by atoms with Crippen LogP contribution < -0.4 is 16.0 Å². The van der Waals surface area contributed by atoms with E-state index in [4.69, 9.17) is 0 Å². The monoisotopic (exact) mass is 383 g/mol. The largest absolute Gasteiger partial charge is 0.354 e. The van der Waals surface area contributed by atoms with Crippen molar-refractivity contribution in [3.8, 4) is 0 Å². The molecule has 0 spiro atoms. The van der Waals surface area contributed by atoms with Gasteiger partial charge in [0.25, 0.3) is 0 Å². The van der Waals surface area contributed by atoms with Gasteiger partial charge in [-0.15, -0.1) is 12.4 Å². The highest BCUT2D eigenvalue weighted by molar-refractivity contribution is 5.85. The lowest BCUT2D eigenvalue weighted by molar-refractivity contribution is -0.132. The molecule has 0 radical (unpaired) electrons. The van der Waals surface area contributed by atoms with Crippen LogP contribution >= 0.6 is 12.4 Å². The molecule has 4 bridgehead atoms. The van der Waals surface area contributed by atoms with Crippen LogP contribution in [0.1, 0.15) is 57.8 Å². The Morgan fingerprint density at radius 3 is 2.19 bits per heavy atom. The third-order valence-electron chi connectivity index (χ3n) is 7.13. The third kappa shape index (κ3) is 4.72. The maximum absolute atomic E-state index is 12.4. The van der Waals surface area contributed by atoms with Gasteiger partial charge in [-0.1, -0.05) is 0 Å². The Bertz CT molecular complexity index is 484. The molecule has 26 heavy (non-hydrogen) atoms. The van der Waals surface area contributed by atoms with Crippen molar-refractivity contribution in [2.24, 2.45) is 29.1 Å². The van der Waals surface area contributed by atoms with E-state index in [2.05, 4.69) is 16.0 Å². The van der Waals surface area contributed by atoms with Gasteiger partial charge >= 0.3 is 0 Å². The van der Waals surface area contributed by atoms with E-state index >= 15 is 0 Å². The van der Waals surface area contributed by atoms with Crippen LogP contribution in [0.4, 0.5) is 0 Å². The van der Waals surface area contributed by atoms with Crippen LogP contribution in [0.3, 0.4) is 0 Å². The Morgan fingerprint density at radius 2 is 1.62 bits per heavy atom. The van der Waals surface area contributed by atoms with Gasteiger partial charge in [-0.25, -0.2) is 0 Å². The summed E-state index contributed by atoms with van der Waals surface area (Å²) in [6.07, 6.45) is 10.9. The van der Waals surface area contributed by atoms with Crippen LogP contribution in [0, 0.1) is 29.1 Å². The minimum absolute atomic E-state index is 0. The maximum Gasteiger partial charge on any atom is 0.239 e. The Morgan fingerprint density at radius 1 is 0.962 bits per heavy atom. The number of carbonyl (C=O) groups is 2. The maximum atomic E-state index is 12.4. The second kappa shape index (κ2) is 8.47. The zero-order valence-electron chi connectivity index (χ0n) is 15.7. The van der Waals surface area contributed by atoms with Crippen molar-refractivity contribution in [2.45, 2.75) is 57.8 Å². The van der Waals surface area contributed by atoms with Gasteiger partial charge < -0.3 is 16.0 Å². The molecule has 148 valence electrons. The van der Waals surface area contributed by atoms with Crippen LogP contribution in [0.25, 0.3) is 0 Å². The molecular weight excluding hydrogens is 350 g/mol. The van der Waals surface area contributed by atoms with Crippen LogP contribution in [-0.4, -0.2) is 38.0 Å². The molecule has 5 nitrogen and oxygen atoms in total. The number of carbonyl (C=O) groups excluding carboxylic acids is 2. The first kappa shape index (κ1) is 19.9. The summed E-state index contributed by atoms with van der Waals surface area (Å²) in [5.41, 5.74) is 0.253. The van der Waals surface area contributed by atoms with Crippen LogP contribution in [-0.2, 0) is 9.59 Å². The van der Waals surface area contributed by atoms with Gasteiger partial charge in [-0.3, -0.25) is 9.59 Å². The molecule has 1 atom stereocenters. The summed E-state index contributed by atoms with van der Waals surface area (Å²) < 4.78 is 0. The van der Waals surface area contributed by atoms with E-state index in [0.717, 1.165) is 37.4 Å². The van der Waals surface area contributed by atoms with Gasteiger partial charge in [0.15, 0.2) is 0 Å². The van der Waals surface area contributed by atoms with E-state index in [-0.39, 0.29) is 36.2 Å². The average molecular weight is 384 g/mol. The molecular formula is C20H34ClN3O2. The van der Waals surface area contributed by atoms with Gasteiger partial charge in [0.2, 0.25) is 11.8 Å². The van der Waals surface area contributed by atoms with Crippen LogP contribution in [0.15, 0.2) is 0 Å². The van der Waals surface area contributed by atoms with Gasteiger partial charge in [0, 0.05) is 13.0 Å². The fraction of sp³-hybridized carbons (Fsp3) is 0.900. The van der Waals surface area contributed by atoms with Gasteiger partial charge in [-0.2, -0.15) is 0 Å². The molecule has 4 aliphatic carbocycles. The van der Waals surface area contributed by atoms with Crippen LogP contribution in [0.2, 0.25) is 0 Å². The molecule has 0 aromatic heterocycles. The van der Waals surface area contributed by atoms with Gasteiger partial charge in [-0.05, 0) is 93.5 Å². The number of rotatable bonds is 6. The highest BCUT2D eigenvalue weighted by Crippen LogP contribution is 2.61. The van der Waals surface area contributed by atoms with Crippen molar-refractivity contribution in [2.75, 3.05) is 26.2 Å². The SMILES string of the molecule is Cl.O=C(CNC(=O)CC12CC3CC(CC(C3)C1)C2)NCC1CCCNC1. The second-order valence-corrected chi connectivity index (χ2v) is 9.39. The molecule has 1 aliphatic heterocycles. The van der Waals surface area contributed by atoms with Crippen molar-refractivity contribution in [3.63, 3.8) is 0 Å². The number of hydrogen-bond donors (Lipinski definition) is 3. The smallest absolute Gasteiger partial charge is 0.239 e. The normalized spacial score (nSPS) is 37.7. The first-order valence-electron chi connectivity index (χ1n) is 10.3. The van der Waals surface area contributed by atoms with Crippen molar-refractivity contribution in [1.29, 1.82) is 0 Å². The summed E-state index contributed by atoms with van der Waals surface area (Å²) in [7, 11) is 0. The molecule has 2 amide bonds. The Hall–Kier alpha value is -0.810. The standard InChI is InChI=1S/C20H33N3O2.ClH/c24-18(23-13-19(25)22-12-14-2-1-3-21-11-14)10-20-7-15-4-16(8-20)6-17(5-15)9-20;/h14-17,21H,1-13H2,(H,22,25)(H,23,24);1H. The molecule has 5 fully saturated rings. The summed E-state index contributed by atoms with van der Waals surface area (Å²) in [5.74, 6) is 3.16.